The first-order chi connectivity index (χ1) is 13.5. The van der Waals surface area contributed by atoms with Crippen LogP contribution in [0.1, 0.15) is 23.2 Å². The number of rotatable bonds is 6. The summed E-state index contributed by atoms with van der Waals surface area (Å²) in [6.07, 6.45) is 1.69. The highest BCUT2D eigenvalue weighted by molar-refractivity contribution is 5.95. The van der Waals surface area contributed by atoms with Gasteiger partial charge in [-0.2, -0.15) is 0 Å². The molecule has 6 nitrogen and oxygen atoms in total. The van der Waals surface area contributed by atoms with Crippen LogP contribution in [0.5, 0.6) is 0 Å². The molecule has 1 heterocycles. The van der Waals surface area contributed by atoms with Crippen molar-refractivity contribution >= 4 is 23.2 Å². The van der Waals surface area contributed by atoms with E-state index in [1.165, 1.54) is 0 Å². The average molecular weight is 380 g/mol. The number of carbonyl (C=O) groups excluding carboxylic acids is 2. The molecular weight excluding hydrogens is 352 g/mol. The van der Waals surface area contributed by atoms with Crippen molar-refractivity contribution in [1.29, 1.82) is 0 Å². The van der Waals surface area contributed by atoms with E-state index in [0.717, 1.165) is 37.3 Å². The number of likely N-dealkylation sites (tertiary alicyclic amines) is 1. The van der Waals surface area contributed by atoms with Crippen LogP contribution in [0.2, 0.25) is 0 Å². The molecule has 1 saturated heterocycles. The van der Waals surface area contributed by atoms with Crippen LogP contribution in [0.4, 0.5) is 11.4 Å². The van der Waals surface area contributed by atoms with E-state index in [1.807, 2.05) is 73.6 Å². The van der Waals surface area contributed by atoms with E-state index in [2.05, 4.69) is 15.5 Å². The third-order valence-corrected chi connectivity index (χ3v) is 4.97. The first-order valence-corrected chi connectivity index (χ1v) is 9.67. The molecule has 0 radical (unpaired) electrons. The highest BCUT2D eigenvalue weighted by atomic mass is 16.2. The number of carbonyl (C=O) groups is 2. The van der Waals surface area contributed by atoms with Crippen molar-refractivity contribution in [3.63, 3.8) is 0 Å². The fourth-order valence-corrected chi connectivity index (χ4v) is 3.35. The van der Waals surface area contributed by atoms with Crippen LogP contribution in [0.25, 0.3) is 0 Å². The summed E-state index contributed by atoms with van der Waals surface area (Å²) in [5.74, 6) is -0.0434. The summed E-state index contributed by atoms with van der Waals surface area (Å²) in [7, 11) is 3.92. The molecule has 0 unspecified atom stereocenters. The highest BCUT2D eigenvalue weighted by Crippen LogP contribution is 2.15. The van der Waals surface area contributed by atoms with Gasteiger partial charge in [-0.3, -0.25) is 14.5 Å². The molecule has 1 aliphatic rings. The Morgan fingerprint density at radius 2 is 1.75 bits per heavy atom. The second kappa shape index (κ2) is 9.37. The molecule has 0 saturated carbocycles. The molecular formula is C22H28N4O2. The number of anilines is 2. The normalized spacial score (nSPS) is 15.1. The number of benzene rings is 2. The Labute approximate surface area is 166 Å². The van der Waals surface area contributed by atoms with E-state index in [9.17, 15) is 9.59 Å². The predicted molar refractivity (Wildman–Crippen MR) is 113 cm³/mol. The van der Waals surface area contributed by atoms with Crippen LogP contribution in [-0.4, -0.2) is 56.5 Å². The largest absolute Gasteiger partial charge is 0.378 e. The monoisotopic (exact) mass is 380 g/mol. The predicted octanol–water partition coefficient (Wildman–Crippen LogP) is 2.59. The highest BCUT2D eigenvalue weighted by Gasteiger charge is 2.22. The summed E-state index contributed by atoms with van der Waals surface area (Å²) in [5.41, 5.74) is 2.50. The number of hydrogen-bond donors (Lipinski definition) is 2. The Morgan fingerprint density at radius 3 is 2.43 bits per heavy atom. The zero-order valence-electron chi connectivity index (χ0n) is 16.5. The minimum atomic E-state index is -0.0380. The van der Waals surface area contributed by atoms with Gasteiger partial charge in [0.05, 0.1) is 6.54 Å². The molecule has 0 atom stereocenters. The van der Waals surface area contributed by atoms with E-state index >= 15 is 0 Å². The van der Waals surface area contributed by atoms with Gasteiger partial charge in [-0.05, 0) is 43.2 Å². The molecule has 2 aromatic rings. The van der Waals surface area contributed by atoms with Gasteiger partial charge in [0.25, 0.3) is 5.91 Å². The van der Waals surface area contributed by atoms with Gasteiger partial charge in [0.15, 0.2) is 0 Å². The van der Waals surface area contributed by atoms with Gasteiger partial charge in [-0.15, -0.1) is 0 Å². The molecule has 0 bridgehead atoms. The van der Waals surface area contributed by atoms with Gasteiger partial charge in [0.2, 0.25) is 5.91 Å². The maximum absolute atomic E-state index is 12.5. The summed E-state index contributed by atoms with van der Waals surface area (Å²) in [4.78, 5) is 28.8. The van der Waals surface area contributed by atoms with Crippen molar-refractivity contribution in [1.82, 2.24) is 10.2 Å². The van der Waals surface area contributed by atoms with Crippen LogP contribution >= 0.6 is 0 Å². The van der Waals surface area contributed by atoms with Gasteiger partial charge >= 0.3 is 0 Å². The molecule has 3 rings (SSSR count). The number of piperidine rings is 1. The lowest BCUT2D eigenvalue weighted by atomic mass is 10.0. The maximum Gasteiger partial charge on any atom is 0.251 e. The van der Waals surface area contributed by atoms with Gasteiger partial charge in [-0.25, -0.2) is 0 Å². The molecule has 2 amide bonds. The topological polar surface area (TPSA) is 64.7 Å². The minimum Gasteiger partial charge on any atom is -0.378 e. The molecule has 2 aromatic carbocycles. The summed E-state index contributed by atoms with van der Waals surface area (Å²) in [6.45, 7) is 1.97. The molecule has 2 N–H and O–H groups in total. The molecule has 6 heteroatoms. The van der Waals surface area contributed by atoms with Gasteiger partial charge in [0, 0.05) is 50.2 Å². The lowest BCUT2D eigenvalue weighted by molar-refractivity contribution is -0.117. The van der Waals surface area contributed by atoms with E-state index in [0.29, 0.717) is 12.1 Å². The van der Waals surface area contributed by atoms with Crippen molar-refractivity contribution in [3.8, 4) is 0 Å². The second-order valence-corrected chi connectivity index (χ2v) is 7.38. The molecule has 0 aliphatic carbocycles. The molecule has 28 heavy (non-hydrogen) atoms. The first-order valence-electron chi connectivity index (χ1n) is 9.67. The number of amides is 2. The first kappa shape index (κ1) is 19.9. The van der Waals surface area contributed by atoms with Gasteiger partial charge in [0.1, 0.15) is 0 Å². The summed E-state index contributed by atoms with van der Waals surface area (Å²) < 4.78 is 0. The SMILES string of the molecule is CN(C)c1cccc(C(=O)NC2CCN(CC(=O)Nc3ccccc3)CC2)c1. The molecule has 148 valence electrons. The molecule has 0 aromatic heterocycles. The van der Waals surface area contributed by atoms with E-state index < -0.39 is 0 Å². The fourth-order valence-electron chi connectivity index (χ4n) is 3.35. The Balaban J connectivity index is 1.44. The van der Waals surface area contributed by atoms with Crippen molar-refractivity contribution < 1.29 is 9.59 Å². The van der Waals surface area contributed by atoms with Crippen molar-refractivity contribution in [3.05, 3.63) is 60.2 Å². The van der Waals surface area contributed by atoms with Crippen LogP contribution < -0.4 is 15.5 Å². The van der Waals surface area contributed by atoms with Crippen LogP contribution in [0, 0.1) is 0 Å². The maximum atomic E-state index is 12.5. The molecule has 0 spiro atoms. The quantitative estimate of drug-likeness (QED) is 0.809. The third kappa shape index (κ3) is 5.57. The van der Waals surface area contributed by atoms with Crippen molar-refractivity contribution in [2.75, 3.05) is 43.9 Å². The van der Waals surface area contributed by atoms with Crippen molar-refractivity contribution in [2.24, 2.45) is 0 Å². The zero-order valence-corrected chi connectivity index (χ0v) is 16.5. The summed E-state index contributed by atoms with van der Waals surface area (Å²) in [5, 5.41) is 6.04. The number of nitrogens with zero attached hydrogens (tertiary/aromatic N) is 2. The lowest BCUT2D eigenvalue weighted by Gasteiger charge is -2.31. The smallest absolute Gasteiger partial charge is 0.251 e. The Bertz CT molecular complexity index is 799. The standard InChI is InChI=1S/C22H28N4O2/c1-25(2)20-10-6-7-17(15-20)22(28)24-19-11-13-26(14-12-19)16-21(27)23-18-8-4-3-5-9-18/h3-10,15,19H,11-14,16H2,1-2H3,(H,23,27)(H,24,28). The third-order valence-electron chi connectivity index (χ3n) is 4.97. The molecule has 1 aliphatic heterocycles. The lowest BCUT2D eigenvalue weighted by Crippen LogP contribution is -2.46. The summed E-state index contributed by atoms with van der Waals surface area (Å²) in [6, 6.07) is 17.2. The van der Waals surface area contributed by atoms with Gasteiger partial charge < -0.3 is 15.5 Å². The Hall–Kier alpha value is -2.86. The number of nitrogens with one attached hydrogen (secondary N) is 2. The Morgan fingerprint density at radius 1 is 1.04 bits per heavy atom. The Kier molecular flexibility index (Phi) is 6.66. The zero-order chi connectivity index (χ0) is 19.9. The average Bonchev–Trinajstić information content (AvgIpc) is 2.70. The summed E-state index contributed by atoms with van der Waals surface area (Å²) >= 11 is 0. The second-order valence-electron chi connectivity index (χ2n) is 7.38. The van der Waals surface area contributed by atoms with Gasteiger partial charge in [-0.1, -0.05) is 24.3 Å². The van der Waals surface area contributed by atoms with Crippen LogP contribution in [0.3, 0.4) is 0 Å². The van der Waals surface area contributed by atoms with Crippen LogP contribution in [-0.2, 0) is 4.79 Å². The number of para-hydroxylation sites is 1. The van der Waals surface area contributed by atoms with Crippen LogP contribution in [0.15, 0.2) is 54.6 Å². The number of hydrogen-bond acceptors (Lipinski definition) is 4. The van der Waals surface area contributed by atoms with Crippen molar-refractivity contribution in [2.45, 2.75) is 18.9 Å². The fraction of sp³-hybridized carbons (Fsp3) is 0.364. The minimum absolute atomic E-state index is 0.00538. The van der Waals surface area contributed by atoms with E-state index in [-0.39, 0.29) is 17.9 Å². The molecule has 1 fully saturated rings. The van der Waals surface area contributed by atoms with E-state index in [1.54, 1.807) is 0 Å². The van der Waals surface area contributed by atoms with E-state index in [4.69, 9.17) is 0 Å².